The third-order valence-electron chi connectivity index (χ3n) is 3.91. The molecule has 0 aliphatic carbocycles. The summed E-state index contributed by atoms with van der Waals surface area (Å²) in [7, 11) is -9.40. The van der Waals surface area contributed by atoms with Gasteiger partial charge in [-0.2, -0.15) is 25.2 Å². The van der Waals surface area contributed by atoms with Crippen LogP contribution in [0.15, 0.2) is 87.5 Å². The fourth-order valence-corrected chi connectivity index (χ4v) is 7.66. The summed E-state index contributed by atoms with van der Waals surface area (Å²) in [5.74, 6) is 0. The first-order valence-corrected chi connectivity index (χ1v) is 12.2. The highest BCUT2D eigenvalue weighted by Crippen LogP contribution is 2.70. The molecule has 0 spiro atoms. The van der Waals surface area contributed by atoms with Gasteiger partial charge in [0.1, 0.15) is 0 Å². The molecule has 0 saturated carbocycles. The standard InChI is InChI=1S/C19H12Cl3F3O3S2/c20-13-1-7-16(8-2-13)29(17-9-3-14(21)4-10-17,18-11-5-15(22)6-12-18)28-30(26,27)19(23,24)25/h1-12H. The zero-order valence-corrected chi connectivity index (χ0v) is 18.6. The van der Waals surface area contributed by atoms with E-state index >= 15 is 0 Å². The summed E-state index contributed by atoms with van der Waals surface area (Å²) in [5, 5.41) is 0.953. The minimum Gasteiger partial charge on any atom is -0.200 e. The molecule has 0 aromatic heterocycles. The van der Waals surface area contributed by atoms with Crippen LogP contribution in [0.3, 0.4) is 0 Å². The van der Waals surface area contributed by atoms with E-state index in [4.69, 9.17) is 38.4 Å². The lowest BCUT2D eigenvalue weighted by atomic mass is 10.3. The zero-order chi connectivity index (χ0) is 22.2. The molecule has 0 amide bonds. The SMILES string of the molecule is O=S(=O)(OS(c1ccc(Cl)cc1)(c1ccc(Cl)cc1)c1ccc(Cl)cc1)C(F)(F)F. The van der Waals surface area contributed by atoms with E-state index in [9.17, 15) is 21.6 Å². The molecule has 3 nitrogen and oxygen atoms in total. The molecule has 0 atom stereocenters. The van der Waals surface area contributed by atoms with E-state index in [0.29, 0.717) is 15.1 Å². The molecule has 30 heavy (non-hydrogen) atoms. The number of benzene rings is 3. The first-order chi connectivity index (χ1) is 14.0. The lowest BCUT2D eigenvalue weighted by Gasteiger charge is -2.39. The van der Waals surface area contributed by atoms with Crippen LogP contribution in [0.25, 0.3) is 0 Å². The molecule has 160 valence electrons. The molecule has 3 rings (SSSR count). The van der Waals surface area contributed by atoms with Gasteiger partial charge in [-0.15, -0.1) is 0 Å². The first-order valence-electron chi connectivity index (χ1n) is 8.08. The molecule has 0 heterocycles. The second kappa shape index (κ2) is 8.61. The molecule has 11 heteroatoms. The van der Waals surface area contributed by atoms with Crippen LogP contribution >= 0.6 is 45.1 Å². The van der Waals surface area contributed by atoms with Gasteiger partial charge in [0.25, 0.3) is 0 Å². The van der Waals surface area contributed by atoms with Crippen molar-refractivity contribution in [3.63, 3.8) is 0 Å². The number of rotatable bonds is 5. The molecule has 0 aliphatic rings. The van der Waals surface area contributed by atoms with Gasteiger partial charge in [-0.1, -0.05) is 34.8 Å². The Balaban J connectivity index is 2.40. The Morgan fingerprint density at radius 3 is 1.10 bits per heavy atom. The maximum absolute atomic E-state index is 13.3. The average Bonchev–Trinajstić information content (AvgIpc) is 2.67. The predicted molar refractivity (Wildman–Crippen MR) is 113 cm³/mol. The average molecular weight is 516 g/mol. The van der Waals surface area contributed by atoms with Crippen molar-refractivity contribution in [2.75, 3.05) is 0 Å². The molecular weight excluding hydrogens is 504 g/mol. The Kier molecular flexibility index (Phi) is 6.67. The first kappa shape index (κ1) is 23.2. The molecule has 3 aromatic rings. The van der Waals surface area contributed by atoms with Gasteiger partial charge in [0.15, 0.2) is 0 Å². The topological polar surface area (TPSA) is 43.4 Å². The van der Waals surface area contributed by atoms with Crippen molar-refractivity contribution in [3.8, 4) is 0 Å². The van der Waals surface area contributed by atoms with Crippen molar-refractivity contribution in [1.29, 1.82) is 0 Å². The maximum Gasteiger partial charge on any atom is 0.524 e. The van der Waals surface area contributed by atoms with Crippen LogP contribution in [0.4, 0.5) is 13.2 Å². The molecule has 0 N–H and O–H groups in total. The van der Waals surface area contributed by atoms with Crippen molar-refractivity contribution in [1.82, 2.24) is 0 Å². The normalized spacial score (nSPS) is 13.3. The minimum absolute atomic E-state index is 0.185. The van der Waals surface area contributed by atoms with Crippen LogP contribution in [0.2, 0.25) is 15.1 Å². The summed E-state index contributed by atoms with van der Waals surface area (Å²) >= 11 is 17.8. The van der Waals surface area contributed by atoms with Gasteiger partial charge in [-0.3, -0.25) is 0 Å². The fourth-order valence-electron chi connectivity index (χ4n) is 2.58. The second-order valence-corrected chi connectivity index (χ2v) is 11.6. The lowest BCUT2D eigenvalue weighted by molar-refractivity contribution is -0.0496. The third-order valence-corrected chi connectivity index (χ3v) is 9.58. The largest absolute Gasteiger partial charge is 0.524 e. The monoisotopic (exact) mass is 514 g/mol. The molecule has 0 aliphatic heterocycles. The van der Waals surface area contributed by atoms with Crippen molar-refractivity contribution < 1.29 is 25.2 Å². The molecule has 0 bridgehead atoms. The summed E-state index contributed by atoms with van der Waals surface area (Å²) in [6.45, 7) is 0. The molecular formula is C19H12Cl3F3O3S2. The Bertz CT molecular complexity index is 1020. The summed E-state index contributed by atoms with van der Waals surface area (Å²) < 4.78 is 69.5. The van der Waals surface area contributed by atoms with Gasteiger partial charge >= 0.3 is 15.6 Å². The summed E-state index contributed by atoms with van der Waals surface area (Å²) in [6.07, 6.45) is 0. The van der Waals surface area contributed by atoms with E-state index in [1.54, 1.807) is 0 Å². The molecule has 0 saturated heterocycles. The smallest absolute Gasteiger partial charge is 0.200 e. The zero-order valence-electron chi connectivity index (χ0n) is 14.7. The Labute approximate surface area is 188 Å². The predicted octanol–water partition coefficient (Wildman–Crippen LogP) is 7.71. The number of halogens is 6. The number of hydrogen-bond donors (Lipinski definition) is 0. The third kappa shape index (κ3) is 4.59. The van der Waals surface area contributed by atoms with Crippen LogP contribution in [0.5, 0.6) is 0 Å². The maximum atomic E-state index is 13.3. The van der Waals surface area contributed by atoms with Crippen molar-refractivity contribution >= 4 is 55.2 Å². The van der Waals surface area contributed by atoms with Gasteiger partial charge in [0.2, 0.25) is 0 Å². The van der Waals surface area contributed by atoms with Gasteiger partial charge in [-0.25, -0.2) is 0 Å². The van der Waals surface area contributed by atoms with E-state index < -0.39 is 25.9 Å². The quantitative estimate of drug-likeness (QED) is 0.327. The van der Waals surface area contributed by atoms with Crippen LogP contribution in [-0.2, 0) is 13.7 Å². The van der Waals surface area contributed by atoms with Gasteiger partial charge < -0.3 is 0 Å². The Morgan fingerprint density at radius 2 is 0.867 bits per heavy atom. The van der Waals surface area contributed by atoms with Crippen molar-refractivity contribution in [2.45, 2.75) is 20.2 Å². The summed E-state index contributed by atoms with van der Waals surface area (Å²) in [6, 6.07) is 17.2. The van der Waals surface area contributed by atoms with E-state index in [2.05, 4.69) is 0 Å². The van der Waals surface area contributed by atoms with Crippen LogP contribution < -0.4 is 0 Å². The minimum atomic E-state index is -5.99. The van der Waals surface area contributed by atoms with Crippen LogP contribution in [0, 0.1) is 0 Å². The highest BCUT2D eigenvalue weighted by atomic mass is 35.5. The fraction of sp³-hybridized carbons (Fsp3) is 0.0526. The van der Waals surface area contributed by atoms with Gasteiger partial charge in [0.05, 0.1) is 0 Å². The molecule has 0 fully saturated rings. The van der Waals surface area contributed by atoms with Crippen LogP contribution in [-0.4, -0.2) is 13.9 Å². The van der Waals surface area contributed by atoms with E-state index in [-0.39, 0.29) is 14.7 Å². The summed E-state index contributed by atoms with van der Waals surface area (Å²) in [4.78, 5) is 0.554. The van der Waals surface area contributed by atoms with Crippen molar-refractivity contribution in [2.24, 2.45) is 0 Å². The van der Waals surface area contributed by atoms with E-state index in [1.807, 2.05) is 0 Å². The second-order valence-electron chi connectivity index (χ2n) is 5.89. The Hall–Kier alpha value is -1.42. The molecule has 0 radical (unpaired) electrons. The number of hydrogen-bond acceptors (Lipinski definition) is 3. The highest BCUT2D eigenvalue weighted by Gasteiger charge is 2.52. The van der Waals surface area contributed by atoms with E-state index in [1.165, 1.54) is 72.8 Å². The Morgan fingerprint density at radius 1 is 0.600 bits per heavy atom. The molecule has 0 unspecified atom stereocenters. The number of alkyl halides is 3. The van der Waals surface area contributed by atoms with Crippen LogP contribution in [0.1, 0.15) is 0 Å². The molecule has 3 aromatic carbocycles. The van der Waals surface area contributed by atoms with E-state index in [0.717, 1.165) is 0 Å². The van der Waals surface area contributed by atoms with Crippen molar-refractivity contribution in [3.05, 3.63) is 87.9 Å². The summed E-state index contributed by atoms with van der Waals surface area (Å²) in [5.41, 5.74) is -5.63. The van der Waals surface area contributed by atoms with Gasteiger partial charge in [0, 0.05) is 29.8 Å². The van der Waals surface area contributed by atoms with Gasteiger partial charge in [-0.05, 0) is 83.1 Å². The highest BCUT2D eigenvalue weighted by molar-refractivity contribution is 8.33. The lowest BCUT2D eigenvalue weighted by Crippen LogP contribution is -2.27.